The predicted molar refractivity (Wildman–Crippen MR) is 93.0 cm³/mol. The van der Waals surface area contributed by atoms with Gasteiger partial charge in [0.15, 0.2) is 16.1 Å². The van der Waals surface area contributed by atoms with Crippen LogP contribution in [-0.4, -0.2) is 34.2 Å². The first kappa shape index (κ1) is 19.6. The summed E-state index contributed by atoms with van der Waals surface area (Å²) in [6, 6.07) is 8.55. The van der Waals surface area contributed by atoms with E-state index in [1.165, 1.54) is 0 Å². The summed E-state index contributed by atoms with van der Waals surface area (Å²) in [5.41, 5.74) is 1.87. The fourth-order valence-electron chi connectivity index (χ4n) is 2.26. The van der Waals surface area contributed by atoms with Crippen LogP contribution in [0.5, 0.6) is 0 Å². The first-order valence-electron chi connectivity index (χ1n) is 7.48. The molecule has 128 valence electrons. The zero-order valence-electron chi connectivity index (χ0n) is 14.4. The fraction of sp³-hybridized carbons (Fsp3) is 0.444. The summed E-state index contributed by atoms with van der Waals surface area (Å²) in [5.74, 6) is 0. The molecule has 0 aromatic heterocycles. The molecule has 4 nitrogen and oxygen atoms in total. The van der Waals surface area contributed by atoms with E-state index in [0.717, 1.165) is 11.1 Å². The smallest absolute Gasteiger partial charge is 0.185 e. The Bertz CT molecular complexity index is 637. The molecule has 0 bridgehead atoms. The molecule has 0 aliphatic heterocycles. The van der Waals surface area contributed by atoms with Crippen LogP contribution in [0.1, 0.15) is 27.2 Å². The van der Waals surface area contributed by atoms with Gasteiger partial charge in [-0.1, -0.05) is 35.4 Å². The van der Waals surface area contributed by atoms with E-state index in [1.807, 2.05) is 26.8 Å². The van der Waals surface area contributed by atoms with Gasteiger partial charge in [0.2, 0.25) is 0 Å². The lowest BCUT2D eigenvalue weighted by Crippen LogP contribution is -2.21. The topological polar surface area (TPSA) is 52.6 Å². The Morgan fingerprint density at radius 3 is 2.09 bits per heavy atom. The molecule has 0 aliphatic rings. The van der Waals surface area contributed by atoms with Crippen molar-refractivity contribution in [1.82, 2.24) is 0 Å². The maximum atomic E-state index is 12.9. The van der Waals surface area contributed by atoms with Crippen molar-refractivity contribution < 1.29 is 17.9 Å². The third-order valence-corrected chi connectivity index (χ3v) is 5.43. The number of hydrogen-bond donors (Lipinski definition) is 0. The van der Waals surface area contributed by atoms with Gasteiger partial charge < -0.3 is 9.47 Å². The molecule has 1 atom stereocenters. The predicted octanol–water partition coefficient (Wildman–Crippen LogP) is 3.75. The van der Waals surface area contributed by atoms with Crippen LogP contribution in [0.15, 0.2) is 58.5 Å². The number of methoxy groups -OCH3 is 2. The van der Waals surface area contributed by atoms with Crippen molar-refractivity contribution in [2.24, 2.45) is 0 Å². The van der Waals surface area contributed by atoms with Gasteiger partial charge in [-0.2, -0.15) is 0 Å². The first-order valence-corrected chi connectivity index (χ1v) is 9.02. The van der Waals surface area contributed by atoms with Crippen LogP contribution in [0, 0.1) is 0 Å². The summed E-state index contributed by atoms with van der Waals surface area (Å²) in [6.07, 6.45) is 3.52. The number of allylic oxidation sites excluding steroid dienone is 2. The Labute approximate surface area is 139 Å². The van der Waals surface area contributed by atoms with Crippen molar-refractivity contribution in [3.05, 3.63) is 53.6 Å². The summed E-state index contributed by atoms with van der Waals surface area (Å²) in [5, 5.41) is -0.611. The minimum atomic E-state index is -3.44. The molecule has 1 unspecified atom stereocenters. The molecular formula is C18H26O4S. The Morgan fingerprint density at radius 1 is 1.04 bits per heavy atom. The number of benzene rings is 1. The van der Waals surface area contributed by atoms with Crippen molar-refractivity contribution in [3.8, 4) is 0 Å². The summed E-state index contributed by atoms with van der Waals surface area (Å²) < 4.78 is 36.1. The van der Waals surface area contributed by atoms with Crippen LogP contribution in [0.3, 0.4) is 0 Å². The largest absolute Gasteiger partial charge is 0.352 e. The summed E-state index contributed by atoms with van der Waals surface area (Å²) >= 11 is 0. The Morgan fingerprint density at radius 2 is 1.61 bits per heavy atom. The standard InChI is InChI=1S/C18H26O4S/c1-14(2)11-17(12-15(3)13-18(21-4)22-5)23(19,20)16-9-7-6-8-10-16/h6-11,13,17-18H,12H2,1-5H3/b15-13+. The minimum Gasteiger partial charge on any atom is -0.352 e. The van der Waals surface area contributed by atoms with Gasteiger partial charge in [-0.05, 0) is 45.4 Å². The second-order valence-electron chi connectivity index (χ2n) is 5.70. The molecule has 0 amide bonds. The first-order chi connectivity index (χ1) is 10.8. The number of hydrogen-bond acceptors (Lipinski definition) is 4. The molecule has 0 spiro atoms. The number of sulfone groups is 1. The third kappa shape index (κ3) is 5.94. The van der Waals surface area contributed by atoms with Crippen molar-refractivity contribution in [2.75, 3.05) is 14.2 Å². The fourth-order valence-corrected chi connectivity index (χ4v) is 4.08. The zero-order chi connectivity index (χ0) is 17.5. The second kappa shape index (κ2) is 9.01. The average molecular weight is 338 g/mol. The van der Waals surface area contributed by atoms with E-state index in [4.69, 9.17) is 9.47 Å². The molecule has 1 rings (SSSR count). The van der Waals surface area contributed by atoms with Gasteiger partial charge in [-0.25, -0.2) is 8.42 Å². The quantitative estimate of drug-likeness (QED) is 0.535. The van der Waals surface area contributed by atoms with E-state index < -0.39 is 21.4 Å². The molecule has 0 saturated heterocycles. The zero-order valence-corrected chi connectivity index (χ0v) is 15.3. The SMILES string of the molecule is COC(/C=C(\C)CC(C=C(C)C)S(=O)(=O)c1ccccc1)OC. The normalized spacial score (nSPS) is 13.9. The summed E-state index contributed by atoms with van der Waals surface area (Å²) in [6.45, 7) is 5.69. The van der Waals surface area contributed by atoms with Crippen molar-refractivity contribution in [2.45, 2.75) is 43.6 Å². The Balaban J connectivity index is 3.14. The van der Waals surface area contributed by atoms with Crippen molar-refractivity contribution >= 4 is 9.84 Å². The molecule has 0 fully saturated rings. The molecule has 0 aliphatic carbocycles. The van der Waals surface area contributed by atoms with Crippen molar-refractivity contribution in [1.29, 1.82) is 0 Å². The molecule has 0 radical (unpaired) electrons. The second-order valence-corrected chi connectivity index (χ2v) is 7.86. The van der Waals surface area contributed by atoms with Gasteiger partial charge in [0.1, 0.15) is 0 Å². The van der Waals surface area contributed by atoms with Crippen LogP contribution in [0.2, 0.25) is 0 Å². The highest BCUT2D eigenvalue weighted by Gasteiger charge is 2.25. The number of ether oxygens (including phenoxy) is 2. The van der Waals surface area contributed by atoms with E-state index in [-0.39, 0.29) is 0 Å². The van der Waals surface area contributed by atoms with E-state index >= 15 is 0 Å². The molecule has 5 heteroatoms. The highest BCUT2D eigenvalue weighted by atomic mass is 32.2. The highest BCUT2D eigenvalue weighted by molar-refractivity contribution is 7.92. The average Bonchev–Trinajstić information content (AvgIpc) is 2.52. The van der Waals surface area contributed by atoms with Gasteiger partial charge in [-0.3, -0.25) is 0 Å². The van der Waals surface area contributed by atoms with E-state index in [0.29, 0.717) is 11.3 Å². The van der Waals surface area contributed by atoms with E-state index in [9.17, 15) is 8.42 Å². The lowest BCUT2D eigenvalue weighted by atomic mass is 10.1. The van der Waals surface area contributed by atoms with E-state index in [2.05, 4.69) is 0 Å². The van der Waals surface area contributed by atoms with E-state index in [1.54, 1.807) is 50.6 Å². The molecule has 23 heavy (non-hydrogen) atoms. The Kier molecular flexibility index (Phi) is 7.68. The van der Waals surface area contributed by atoms with Crippen LogP contribution >= 0.6 is 0 Å². The van der Waals surface area contributed by atoms with Crippen LogP contribution in [0.25, 0.3) is 0 Å². The van der Waals surface area contributed by atoms with Gasteiger partial charge in [0, 0.05) is 14.2 Å². The molecule has 1 aromatic rings. The van der Waals surface area contributed by atoms with Crippen LogP contribution in [-0.2, 0) is 19.3 Å². The molecular weight excluding hydrogens is 312 g/mol. The Hall–Kier alpha value is -1.43. The van der Waals surface area contributed by atoms with Gasteiger partial charge >= 0.3 is 0 Å². The lowest BCUT2D eigenvalue weighted by Gasteiger charge is -2.17. The van der Waals surface area contributed by atoms with Crippen LogP contribution < -0.4 is 0 Å². The third-order valence-electron chi connectivity index (χ3n) is 3.40. The maximum Gasteiger partial charge on any atom is 0.185 e. The summed E-state index contributed by atoms with van der Waals surface area (Å²) in [7, 11) is -0.344. The molecule has 0 saturated carbocycles. The lowest BCUT2D eigenvalue weighted by molar-refractivity contribution is -0.0671. The van der Waals surface area contributed by atoms with Gasteiger partial charge in [0.05, 0.1) is 10.1 Å². The molecule has 0 N–H and O–H groups in total. The minimum absolute atomic E-state index is 0.338. The monoisotopic (exact) mass is 338 g/mol. The maximum absolute atomic E-state index is 12.9. The van der Waals surface area contributed by atoms with Crippen molar-refractivity contribution in [3.63, 3.8) is 0 Å². The van der Waals surface area contributed by atoms with Crippen LogP contribution in [0.4, 0.5) is 0 Å². The summed E-state index contributed by atoms with van der Waals surface area (Å²) in [4.78, 5) is 0.338. The van der Waals surface area contributed by atoms with Gasteiger partial charge in [0.25, 0.3) is 0 Å². The van der Waals surface area contributed by atoms with Gasteiger partial charge in [-0.15, -0.1) is 0 Å². The molecule has 0 heterocycles. The highest BCUT2D eigenvalue weighted by Crippen LogP contribution is 2.23. The molecule has 1 aromatic carbocycles. The number of rotatable bonds is 8.